The Morgan fingerprint density at radius 3 is 2.53 bits per heavy atom. The highest BCUT2D eigenvalue weighted by Gasteiger charge is 2.20. The normalized spacial score (nSPS) is 10.9. The van der Waals surface area contributed by atoms with Gasteiger partial charge in [0.15, 0.2) is 5.13 Å². The summed E-state index contributed by atoms with van der Waals surface area (Å²) in [6.45, 7) is 3.77. The molecule has 0 fully saturated rings. The first kappa shape index (κ1) is 26.5. The summed E-state index contributed by atoms with van der Waals surface area (Å²) in [5, 5.41) is 0.814. The van der Waals surface area contributed by atoms with Gasteiger partial charge in [-0.25, -0.2) is 4.98 Å². The van der Waals surface area contributed by atoms with Crippen LogP contribution in [0.3, 0.4) is 0 Å². The Labute approximate surface area is 205 Å². The number of halogens is 1. The molecule has 1 heterocycles. The van der Waals surface area contributed by atoms with Gasteiger partial charge in [0.1, 0.15) is 5.75 Å². The van der Waals surface area contributed by atoms with Crippen LogP contribution in [0.1, 0.15) is 25.3 Å². The van der Waals surface area contributed by atoms with Gasteiger partial charge in [-0.05, 0) is 69.4 Å². The molecule has 3 rings (SSSR count). The van der Waals surface area contributed by atoms with Crippen molar-refractivity contribution in [3.8, 4) is 5.75 Å². The SMILES string of the molecule is CCc1cccc2sc(N(CCCN(C)C)C(=O)CCSc3ccc(OC)cc3)nc12.Cl. The molecular formula is C24H32ClN3O2S2. The largest absolute Gasteiger partial charge is 0.497 e. The summed E-state index contributed by atoms with van der Waals surface area (Å²) in [6, 6.07) is 14.2. The summed E-state index contributed by atoms with van der Waals surface area (Å²) in [4.78, 5) is 23.2. The molecule has 0 aliphatic rings. The number of thioether (sulfide) groups is 1. The molecule has 0 bridgehead atoms. The number of para-hydroxylation sites is 1. The van der Waals surface area contributed by atoms with E-state index in [-0.39, 0.29) is 18.3 Å². The van der Waals surface area contributed by atoms with Crippen molar-refractivity contribution in [3.63, 3.8) is 0 Å². The molecular weight excluding hydrogens is 462 g/mol. The number of carbonyl (C=O) groups excluding carboxylic acids is 1. The number of anilines is 1. The number of hydrogen-bond donors (Lipinski definition) is 0. The van der Waals surface area contributed by atoms with E-state index >= 15 is 0 Å². The van der Waals surface area contributed by atoms with Gasteiger partial charge in [0.2, 0.25) is 5.91 Å². The summed E-state index contributed by atoms with van der Waals surface area (Å²) in [5.41, 5.74) is 2.26. The van der Waals surface area contributed by atoms with Crippen molar-refractivity contribution in [2.24, 2.45) is 0 Å². The minimum absolute atomic E-state index is 0. The van der Waals surface area contributed by atoms with Crippen LogP contribution >= 0.6 is 35.5 Å². The Bertz CT molecular complexity index is 993. The van der Waals surface area contributed by atoms with Crippen molar-refractivity contribution in [3.05, 3.63) is 48.0 Å². The summed E-state index contributed by atoms with van der Waals surface area (Å²) in [5.74, 6) is 1.71. The van der Waals surface area contributed by atoms with Crippen LogP contribution in [-0.4, -0.2) is 55.8 Å². The number of nitrogens with zero attached hydrogens (tertiary/aromatic N) is 3. The number of thiazole rings is 1. The zero-order valence-electron chi connectivity index (χ0n) is 19.2. The van der Waals surface area contributed by atoms with Gasteiger partial charge in [0.05, 0.1) is 17.3 Å². The molecule has 0 N–H and O–H groups in total. The second-order valence-electron chi connectivity index (χ2n) is 7.59. The molecule has 0 saturated carbocycles. The molecule has 0 radical (unpaired) electrons. The summed E-state index contributed by atoms with van der Waals surface area (Å²) in [6.07, 6.45) is 2.34. The Balaban J connectivity index is 0.00000363. The van der Waals surface area contributed by atoms with Gasteiger partial charge in [-0.15, -0.1) is 24.2 Å². The van der Waals surface area contributed by atoms with E-state index in [4.69, 9.17) is 9.72 Å². The molecule has 174 valence electrons. The number of hydrogen-bond acceptors (Lipinski definition) is 6. The lowest BCUT2D eigenvalue weighted by Crippen LogP contribution is -2.33. The fourth-order valence-corrected chi connectivity index (χ4v) is 5.23. The van der Waals surface area contributed by atoms with E-state index in [0.717, 1.165) is 51.1 Å². The van der Waals surface area contributed by atoms with Crippen LogP contribution in [0.2, 0.25) is 0 Å². The zero-order valence-corrected chi connectivity index (χ0v) is 21.6. The van der Waals surface area contributed by atoms with E-state index in [1.165, 1.54) is 5.56 Å². The lowest BCUT2D eigenvalue weighted by molar-refractivity contribution is -0.118. The molecule has 0 spiro atoms. The van der Waals surface area contributed by atoms with Crippen molar-refractivity contribution < 1.29 is 9.53 Å². The van der Waals surface area contributed by atoms with Crippen LogP contribution in [0, 0.1) is 0 Å². The fourth-order valence-electron chi connectivity index (χ4n) is 3.33. The van der Waals surface area contributed by atoms with Gasteiger partial charge in [0.25, 0.3) is 0 Å². The minimum atomic E-state index is 0. The highest BCUT2D eigenvalue weighted by atomic mass is 35.5. The topological polar surface area (TPSA) is 45.7 Å². The maximum Gasteiger partial charge on any atom is 0.229 e. The van der Waals surface area contributed by atoms with E-state index in [0.29, 0.717) is 13.0 Å². The van der Waals surface area contributed by atoms with Crippen LogP contribution < -0.4 is 9.64 Å². The van der Waals surface area contributed by atoms with Crippen LogP contribution in [0.15, 0.2) is 47.4 Å². The van der Waals surface area contributed by atoms with Crippen molar-refractivity contribution in [1.29, 1.82) is 0 Å². The first-order valence-corrected chi connectivity index (χ1v) is 12.4. The fraction of sp³-hybridized carbons (Fsp3) is 0.417. The van der Waals surface area contributed by atoms with Crippen molar-refractivity contribution in [2.75, 3.05) is 44.9 Å². The molecule has 3 aromatic rings. The second-order valence-corrected chi connectivity index (χ2v) is 9.77. The average molecular weight is 494 g/mol. The van der Waals surface area contributed by atoms with Crippen molar-refractivity contribution in [2.45, 2.75) is 31.1 Å². The number of benzene rings is 2. The van der Waals surface area contributed by atoms with Crippen LogP contribution in [0.4, 0.5) is 5.13 Å². The van der Waals surface area contributed by atoms with Gasteiger partial charge < -0.3 is 9.64 Å². The van der Waals surface area contributed by atoms with Gasteiger partial charge in [0, 0.05) is 23.6 Å². The maximum absolute atomic E-state index is 13.2. The van der Waals surface area contributed by atoms with Crippen LogP contribution in [0.25, 0.3) is 10.2 Å². The van der Waals surface area contributed by atoms with E-state index in [2.05, 4.69) is 44.1 Å². The van der Waals surface area contributed by atoms with Crippen LogP contribution in [0.5, 0.6) is 5.75 Å². The molecule has 0 unspecified atom stereocenters. The maximum atomic E-state index is 13.2. The molecule has 1 amide bonds. The minimum Gasteiger partial charge on any atom is -0.497 e. The zero-order chi connectivity index (χ0) is 22.2. The first-order chi connectivity index (χ1) is 15.0. The molecule has 32 heavy (non-hydrogen) atoms. The van der Waals surface area contributed by atoms with E-state index in [1.807, 2.05) is 29.2 Å². The third-order valence-corrected chi connectivity index (χ3v) is 7.09. The molecule has 1 aromatic heterocycles. The van der Waals surface area contributed by atoms with Gasteiger partial charge in [-0.2, -0.15) is 0 Å². The third-order valence-electron chi connectivity index (χ3n) is 5.04. The van der Waals surface area contributed by atoms with Crippen molar-refractivity contribution >= 4 is 56.8 Å². The second kappa shape index (κ2) is 13.0. The van der Waals surface area contributed by atoms with Gasteiger partial charge in [-0.3, -0.25) is 9.69 Å². The monoisotopic (exact) mass is 493 g/mol. The Hall–Kier alpha value is -1.80. The molecule has 0 saturated heterocycles. The quantitative estimate of drug-likeness (QED) is 0.318. The molecule has 0 aliphatic heterocycles. The average Bonchev–Trinajstić information content (AvgIpc) is 3.20. The summed E-state index contributed by atoms with van der Waals surface area (Å²) < 4.78 is 6.35. The highest BCUT2D eigenvalue weighted by molar-refractivity contribution is 7.99. The van der Waals surface area contributed by atoms with E-state index in [9.17, 15) is 4.79 Å². The number of ether oxygens (including phenoxy) is 1. The molecule has 2 aromatic carbocycles. The molecule has 8 heteroatoms. The number of rotatable bonds is 11. The van der Waals surface area contributed by atoms with E-state index < -0.39 is 0 Å². The summed E-state index contributed by atoms with van der Waals surface area (Å²) >= 11 is 3.31. The Morgan fingerprint density at radius 1 is 1.12 bits per heavy atom. The van der Waals surface area contributed by atoms with Gasteiger partial charge in [-0.1, -0.05) is 30.4 Å². The Morgan fingerprint density at radius 2 is 1.88 bits per heavy atom. The molecule has 0 atom stereocenters. The highest BCUT2D eigenvalue weighted by Crippen LogP contribution is 2.32. The number of aryl methyl sites for hydroxylation is 1. The third kappa shape index (κ3) is 7.10. The lowest BCUT2D eigenvalue weighted by Gasteiger charge is -2.21. The number of aromatic nitrogens is 1. The number of amides is 1. The van der Waals surface area contributed by atoms with Crippen LogP contribution in [-0.2, 0) is 11.2 Å². The number of methoxy groups -OCH3 is 1. The lowest BCUT2D eigenvalue weighted by atomic mass is 10.1. The molecule has 0 aliphatic carbocycles. The Kier molecular flexibility index (Phi) is 10.8. The predicted molar refractivity (Wildman–Crippen MR) is 140 cm³/mol. The predicted octanol–water partition coefficient (Wildman–Crippen LogP) is 5.76. The first-order valence-electron chi connectivity index (χ1n) is 10.6. The smallest absolute Gasteiger partial charge is 0.229 e. The van der Waals surface area contributed by atoms with Crippen molar-refractivity contribution in [1.82, 2.24) is 9.88 Å². The standard InChI is InChI=1S/C24H31N3O2S2.ClH/c1-5-18-8-6-9-21-23(18)25-24(31-21)27(16-7-15-26(2)3)22(28)14-17-30-20-12-10-19(29-4)11-13-20;/h6,8-13H,5,7,14-17H2,1-4H3;1H. The number of carbonyl (C=O) groups is 1. The number of fused-ring (bicyclic) bond motifs is 1. The molecule has 5 nitrogen and oxygen atoms in total. The van der Waals surface area contributed by atoms with E-state index in [1.54, 1.807) is 30.2 Å². The van der Waals surface area contributed by atoms with Gasteiger partial charge >= 0.3 is 0 Å². The summed E-state index contributed by atoms with van der Waals surface area (Å²) in [7, 11) is 5.78.